The molecule has 94 valence electrons. The van der Waals surface area contributed by atoms with Crippen molar-refractivity contribution in [2.24, 2.45) is 5.92 Å². The first-order valence-corrected chi connectivity index (χ1v) is 6.03. The van der Waals surface area contributed by atoms with Crippen LogP contribution in [0, 0.1) is 26.7 Å². The highest BCUT2D eigenvalue weighted by Gasteiger charge is 2.24. The SMILES string of the molecule is COC(C(=O)c1cc(C)c(C)cc1C)C(C)C. The molecule has 0 amide bonds. The van der Waals surface area contributed by atoms with Crippen molar-refractivity contribution in [2.45, 2.75) is 40.7 Å². The van der Waals surface area contributed by atoms with Gasteiger partial charge >= 0.3 is 0 Å². The average molecular weight is 234 g/mol. The number of ether oxygens (including phenoxy) is 1. The van der Waals surface area contributed by atoms with E-state index in [0.29, 0.717) is 0 Å². The van der Waals surface area contributed by atoms with Crippen LogP contribution in [0.1, 0.15) is 40.9 Å². The highest BCUT2D eigenvalue weighted by Crippen LogP contribution is 2.20. The van der Waals surface area contributed by atoms with Crippen molar-refractivity contribution in [1.29, 1.82) is 0 Å². The Morgan fingerprint density at radius 2 is 1.59 bits per heavy atom. The van der Waals surface area contributed by atoms with E-state index in [1.807, 2.05) is 33.8 Å². The monoisotopic (exact) mass is 234 g/mol. The molecule has 0 radical (unpaired) electrons. The average Bonchev–Trinajstić information content (AvgIpc) is 2.23. The lowest BCUT2D eigenvalue weighted by Crippen LogP contribution is -2.29. The smallest absolute Gasteiger partial charge is 0.192 e. The summed E-state index contributed by atoms with van der Waals surface area (Å²) >= 11 is 0. The molecule has 1 unspecified atom stereocenters. The summed E-state index contributed by atoms with van der Waals surface area (Å²) in [6, 6.07) is 4.04. The second-order valence-electron chi connectivity index (χ2n) is 5.02. The maximum Gasteiger partial charge on any atom is 0.192 e. The number of hydrogen-bond acceptors (Lipinski definition) is 2. The van der Waals surface area contributed by atoms with Crippen LogP contribution in [-0.2, 0) is 4.74 Å². The van der Waals surface area contributed by atoms with Gasteiger partial charge in [0.05, 0.1) is 0 Å². The van der Waals surface area contributed by atoms with Crippen LogP contribution in [0.15, 0.2) is 12.1 Å². The fourth-order valence-corrected chi connectivity index (χ4v) is 2.06. The van der Waals surface area contributed by atoms with Crippen LogP contribution in [0.3, 0.4) is 0 Å². The normalized spacial score (nSPS) is 12.9. The molecule has 0 saturated carbocycles. The maximum atomic E-state index is 12.4. The summed E-state index contributed by atoms with van der Waals surface area (Å²) in [5.74, 6) is 0.275. The number of hydrogen-bond donors (Lipinski definition) is 0. The molecule has 0 aliphatic carbocycles. The van der Waals surface area contributed by atoms with Crippen LogP contribution in [0.5, 0.6) is 0 Å². The predicted molar refractivity (Wildman–Crippen MR) is 70.6 cm³/mol. The van der Waals surface area contributed by atoms with Crippen molar-refractivity contribution in [3.8, 4) is 0 Å². The molecule has 1 aromatic rings. The number of aryl methyl sites for hydroxylation is 3. The topological polar surface area (TPSA) is 26.3 Å². The Labute approximate surface area is 104 Å². The number of carbonyl (C=O) groups is 1. The Morgan fingerprint density at radius 1 is 1.06 bits per heavy atom. The van der Waals surface area contributed by atoms with E-state index >= 15 is 0 Å². The van der Waals surface area contributed by atoms with Crippen molar-refractivity contribution in [1.82, 2.24) is 0 Å². The van der Waals surface area contributed by atoms with Gasteiger partial charge in [-0.05, 0) is 49.4 Å². The summed E-state index contributed by atoms with van der Waals surface area (Å²) in [6.45, 7) is 10.1. The van der Waals surface area contributed by atoms with E-state index in [2.05, 4.69) is 13.0 Å². The molecule has 0 bridgehead atoms. The quantitative estimate of drug-likeness (QED) is 0.746. The first kappa shape index (κ1) is 13.9. The lowest BCUT2D eigenvalue weighted by atomic mass is 9.92. The Balaban J connectivity index is 3.16. The van der Waals surface area contributed by atoms with Gasteiger partial charge in [-0.2, -0.15) is 0 Å². The largest absolute Gasteiger partial charge is 0.373 e. The number of Topliss-reactive ketones (excluding diaryl/α,β-unsaturated/α-hetero) is 1. The van der Waals surface area contributed by atoms with E-state index in [4.69, 9.17) is 4.74 Å². The van der Waals surface area contributed by atoms with Gasteiger partial charge in [0.15, 0.2) is 5.78 Å². The van der Waals surface area contributed by atoms with E-state index in [0.717, 1.165) is 16.7 Å². The minimum Gasteiger partial charge on any atom is -0.373 e. The fourth-order valence-electron chi connectivity index (χ4n) is 2.06. The molecule has 1 rings (SSSR count). The molecule has 0 aromatic heterocycles. The summed E-state index contributed by atoms with van der Waals surface area (Å²) in [7, 11) is 1.60. The van der Waals surface area contributed by atoms with Crippen LogP contribution in [0.4, 0.5) is 0 Å². The standard InChI is InChI=1S/C15H22O2/c1-9(2)15(17-6)14(16)13-8-11(4)10(3)7-12(13)5/h7-9,15H,1-6H3. The van der Waals surface area contributed by atoms with Gasteiger partial charge in [-0.15, -0.1) is 0 Å². The summed E-state index contributed by atoms with van der Waals surface area (Å²) in [6.07, 6.45) is -0.351. The lowest BCUT2D eigenvalue weighted by Gasteiger charge is -2.19. The van der Waals surface area contributed by atoms with Gasteiger partial charge in [-0.25, -0.2) is 0 Å². The molecule has 0 N–H and O–H groups in total. The van der Waals surface area contributed by atoms with E-state index in [1.165, 1.54) is 5.56 Å². The number of carbonyl (C=O) groups excluding carboxylic acids is 1. The van der Waals surface area contributed by atoms with Crippen molar-refractivity contribution in [3.63, 3.8) is 0 Å². The molecule has 1 aromatic carbocycles. The van der Waals surface area contributed by atoms with Gasteiger partial charge in [-0.1, -0.05) is 19.9 Å². The Morgan fingerprint density at radius 3 is 2.06 bits per heavy atom. The third-order valence-corrected chi connectivity index (χ3v) is 3.22. The molecular formula is C15H22O2. The Kier molecular flexibility index (Phi) is 4.47. The highest BCUT2D eigenvalue weighted by molar-refractivity contribution is 6.01. The van der Waals surface area contributed by atoms with Gasteiger partial charge < -0.3 is 4.74 Å². The summed E-state index contributed by atoms with van der Waals surface area (Å²) in [5.41, 5.74) is 4.18. The molecule has 0 heterocycles. The Bertz CT molecular complexity index is 419. The van der Waals surface area contributed by atoms with Gasteiger partial charge in [0.25, 0.3) is 0 Å². The van der Waals surface area contributed by atoms with Crippen LogP contribution in [0.25, 0.3) is 0 Å². The predicted octanol–water partition coefficient (Wildman–Crippen LogP) is 3.47. The molecule has 2 nitrogen and oxygen atoms in total. The van der Waals surface area contributed by atoms with E-state index < -0.39 is 0 Å². The summed E-state index contributed by atoms with van der Waals surface area (Å²) in [5, 5.41) is 0. The number of benzene rings is 1. The minimum atomic E-state index is -0.351. The van der Waals surface area contributed by atoms with Gasteiger partial charge in [0.1, 0.15) is 6.10 Å². The van der Waals surface area contributed by atoms with Crippen LogP contribution >= 0.6 is 0 Å². The molecule has 1 atom stereocenters. The molecule has 0 aliphatic heterocycles. The first-order chi connectivity index (χ1) is 7.88. The van der Waals surface area contributed by atoms with Crippen molar-refractivity contribution >= 4 is 5.78 Å². The maximum absolute atomic E-state index is 12.4. The van der Waals surface area contributed by atoms with E-state index in [1.54, 1.807) is 7.11 Å². The van der Waals surface area contributed by atoms with Crippen molar-refractivity contribution < 1.29 is 9.53 Å². The van der Waals surface area contributed by atoms with E-state index in [9.17, 15) is 4.79 Å². The van der Waals surface area contributed by atoms with Crippen molar-refractivity contribution in [2.75, 3.05) is 7.11 Å². The van der Waals surface area contributed by atoms with Gasteiger partial charge in [0.2, 0.25) is 0 Å². The first-order valence-electron chi connectivity index (χ1n) is 6.03. The van der Waals surface area contributed by atoms with Crippen LogP contribution in [0.2, 0.25) is 0 Å². The number of rotatable bonds is 4. The molecule has 0 saturated heterocycles. The summed E-state index contributed by atoms with van der Waals surface area (Å²) in [4.78, 5) is 12.4. The van der Waals surface area contributed by atoms with Gasteiger partial charge in [0, 0.05) is 12.7 Å². The second-order valence-corrected chi connectivity index (χ2v) is 5.02. The fraction of sp³-hybridized carbons (Fsp3) is 0.533. The molecule has 17 heavy (non-hydrogen) atoms. The van der Waals surface area contributed by atoms with Crippen molar-refractivity contribution in [3.05, 3.63) is 34.4 Å². The number of ketones is 1. The molecule has 0 spiro atoms. The number of methoxy groups -OCH3 is 1. The second kappa shape index (κ2) is 5.46. The highest BCUT2D eigenvalue weighted by atomic mass is 16.5. The molecule has 0 fully saturated rings. The zero-order chi connectivity index (χ0) is 13.2. The Hall–Kier alpha value is -1.15. The molecule has 0 aliphatic rings. The van der Waals surface area contributed by atoms with E-state index in [-0.39, 0.29) is 17.8 Å². The van der Waals surface area contributed by atoms with Crippen LogP contribution < -0.4 is 0 Å². The van der Waals surface area contributed by atoms with Crippen LogP contribution in [-0.4, -0.2) is 19.0 Å². The third kappa shape index (κ3) is 2.95. The third-order valence-electron chi connectivity index (χ3n) is 3.22. The van der Waals surface area contributed by atoms with Gasteiger partial charge in [-0.3, -0.25) is 4.79 Å². The zero-order valence-corrected chi connectivity index (χ0v) is 11.6. The zero-order valence-electron chi connectivity index (χ0n) is 11.6. The lowest BCUT2D eigenvalue weighted by molar-refractivity contribution is 0.0458. The molecule has 2 heteroatoms. The summed E-state index contributed by atoms with van der Waals surface area (Å²) < 4.78 is 5.30. The minimum absolute atomic E-state index is 0.0862. The molecular weight excluding hydrogens is 212 g/mol.